The van der Waals surface area contributed by atoms with Gasteiger partial charge in [-0.3, -0.25) is 4.79 Å². The molecule has 0 aliphatic carbocycles. The molecule has 2 N–H and O–H groups in total. The van der Waals surface area contributed by atoms with Gasteiger partial charge in [0.25, 0.3) is 0 Å². The van der Waals surface area contributed by atoms with Crippen LogP contribution in [0.5, 0.6) is 0 Å². The molecule has 3 nitrogen and oxygen atoms in total. The molecule has 0 aliphatic heterocycles. The summed E-state index contributed by atoms with van der Waals surface area (Å²) in [5, 5.41) is 7.29. The summed E-state index contributed by atoms with van der Waals surface area (Å²) < 4.78 is 0. The molecule has 116 valence electrons. The summed E-state index contributed by atoms with van der Waals surface area (Å²) in [5.74, 6) is -0.190. The lowest BCUT2D eigenvalue weighted by Crippen LogP contribution is -2.30. The summed E-state index contributed by atoms with van der Waals surface area (Å²) in [6.07, 6.45) is 0. The van der Waals surface area contributed by atoms with Gasteiger partial charge in [0, 0.05) is 11.1 Å². The third kappa shape index (κ3) is 4.62. The molecule has 0 saturated carbocycles. The highest BCUT2D eigenvalue weighted by Gasteiger charge is 2.10. The Morgan fingerprint density at radius 3 is 2.45 bits per heavy atom. The fraction of sp³-hybridized carbons (Fsp3) is 0.188. The van der Waals surface area contributed by atoms with Gasteiger partial charge < -0.3 is 10.6 Å². The molecule has 22 heavy (non-hydrogen) atoms. The number of carbonyl (C=O) groups excluding carboxylic acids is 1. The van der Waals surface area contributed by atoms with Crippen LogP contribution in [0.4, 0.5) is 5.69 Å². The molecule has 0 unspecified atom stereocenters. The lowest BCUT2D eigenvalue weighted by molar-refractivity contribution is -0.115. The van der Waals surface area contributed by atoms with Crippen LogP contribution in [0.15, 0.2) is 42.5 Å². The third-order valence-corrected chi connectivity index (χ3v) is 4.24. The molecule has 2 aromatic rings. The molecule has 6 heteroatoms. The van der Waals surface area contributed by atoms with Gasteiger partial charge in [-0.15, -0.1) is 0 Å². The fourth-order valence-corrected chi connectivity index (χ4v) is 2.38. The molecule has 0 heterocycles. The summed E-state index contributed by atoms with van der Waals surface area (Å²) in [7, 11) is 0. The smallest absolute Gasteiger partial charge is 0.238 e. The van der Waals surface area contributed by atoms with Crippen LogP contribution < -0.4 is 10.6 Å². The van der Waals surface area contributed by atoms with E-state index < -0.39 is 0 Å². The number of anilines is 1. The van der Waals surface area contributed by atoms with Gasteiger partial charge in [0.15, 0.2) is 0 Å². The molecule has 2 rings (SSSR count). The molecule has 2 aromatic carbocycles. The van der Waals surface area contributed by atoms with Crippen LogP contribution >= 0.6 is 34.8 Å². The molecule has 0 radical (unpaired) electrons. The Balaban J connectivity index is 1.90. The maximum absolute atomic E-state index is 12.0. The van der Waals surface area contributed by atoms with Crippen molar-refractivity contribution in [2.75, 3.05) is 11.9 Å². The largest absolute Gasteiger partial charge is 0.324 e. The Bertz CT molecular complexity index is 659. The highest BCUT2D eigenvalue weighted by atomic mass is 35.5. The van der Waals surface area contributed by atoms with Crippen molar-refractivity contribution in [2.45, 2.75) is 13.0 Å². The van der Waals surface area contributed by atoms with E-state index in [1.54, 1.807) is 18.2 Å². The topological polar surface area (TPSA) is 41.1 Å². The van der Waals surface area contributed by atoms with Gasteiger partial charge in [-0.25, -0.2) is 0 Å². The summed E-state index contributed by atoms with van der Waals surface area (Å²) in [5.41, 5.74) is 1.55. The normalized spacial score (nSPS) is 12.0. The average molecular weight is 358 g/mol. The van der Waals surface area contributed by atoms with Crippen LogP contribution in [0.25, 0.3) is 0 Å². The van der Waals surface area contributed by atoms with E-state index in [4.69, 9.17) is 34.8 Å². The van der Waals surface area contributed by atoms with Crippen molar-refractivity contribution >= 4 is 46.4 Å². The Morgan fingerprint density at radius 1 is 1.09 bits per heavy atom. The van der Waals surface area contributed by atoms with E-state index in [0.29, 0.717) is 20.8 Å². The van der Waals surface area contributed by atoms with Crippen molar-refractivity contribution < 1.29 is 4.79 Å². The van der Waals surface area contributed by atoms with Crippen LogP contribution in [0, 0.1) is 0 Å². The first kappa shape index (κ1) is 17.1. The maximum Gasteiger partial charge on any atom is 0.238 e. The Labute approximate surface area is 144 Å². The minimum atomic E-state index is -0.190. The second-order valence-electron chi connectivity index (χ2n) is 4.80. The van der Waals surface area contributed by atoms with Crippen LogP contribution in [0.2, 0.25) is 15.1 Å². The number of benzene rings is 2. The zero-order valence-corrected chi connectivity index (χ0v) is 14.1. The van der Waals surface area contributed by atoms with Crippen LogP contribution in [-0.4, -0.2) is 12.5 Å². The van der Waals surface area contributed by atoms with E-state index in [1.807, 2.05) is 31.2 Å². The van der Waals surface area contributed by atoms with E-state index in [9.17, 15) is 4.79 Å². The van der Waals surface area contributed by atoms with Gasteiger partial charge in [-0.1, -0.05) is 53.0 Å². The predicted octanol–water partition coefficient (Wildman–Crippen LogP) is 4.94. The molecule has 1 atom stereocenters. The Morgan fingerprint density at radius 2 is 1.77 bits per heavy atom. The molecular formula is C16H15Cl3N2O. The quantitative estimate of drug-likeness (QED) is 0.796. The highest BCUT2D eigenvalue weighted by molar-refractivity contribution is 6.44. The molecule has 0 spiro atoms. The summed E-state index contributed by atoms with van der Waals surface area (Å²) in [6.45, 7) is 2.13. The Hall–Kier alpha value is -1.26. The minimum absolute atomic E-state index is 0.0258. The van der Waals surface area contributed by atoms with Gasteiger partial charge in [-0.2, -0.15) is 0 Å². The summed E-state index contributed by atoms with van der Waals surface area (Å²) >= 11 is 17.8. The van der Waals surface area contributed by atoms with E-state index in [1.165, 1.54) is 0 Å². The van der Waals surface area contributed by atoms with Gasteiger partial charge in [0.2, 0.25) is 5.91 Å². The molecule has 0 bridgehead atoms. The van der Waals surface area contributed by atoms with Crippen molar-refractivity contribution in [3.63, 3.8) is 0 Å². The van der Waals surface area contributed by atoms with Crippen LogP contribution in [0.3, 0.4) is 0 Å². The number of carbonyl (C=O) groups is 1. The minimum Gasteiger partial charge on any atom is -0.324 e. The zero-order valence-electron chi connectivity index (χ0n) is 11.9. The summed E-state index contributed by atoms with van der Waals surface area (Å²) in [4.78, 5) is 12.0. The number of nitrogens with one attached hydrogen (secondary N) is 2. The maximum atomic E-state index is 12.0. The number of halogens is 3. The zero-order chi connectivity index (χ0) is 16.1. The van der Waals surface area contributed by atoms with Crippen molar-refractivity contribution in [2.24, 2.45) is 0 Å². The monoisotopic (exact) mass is 356 g/mol. The van der Waals surface area contributed by atoms with Gasteiger partial charge in [-0.05, 0) is 36.8 Å². The van der Waals surface area contributed by atoms with E-state index in [-0.39, 0.29) is 18.5 Å². The summed E-state index contributed by atoms with van der Waals surface area (Å²) in [6, 6.07) is 12.6. The molecule has 0 fully saturated rings. The third-order valence-electron chi connectivity index (χ3n) is 3.16. The number of rotatable bonds is 5. The van der Waals surface area contributed by atoms with Crippen molar-refractivity contribution in [3.05, 3.63) is 63.1 Å². The molecule has 0 aromatic heterocycles. The highest BCUT2D eigenvalue weighted by Crippen LogP contribution is 2.29. The number of amides is 1. The number of hydrogen-bond donors (Lipinski definition) is 2. The number of hydrogen-bond acceptors (Lipinski definition) is 2. The fourth-order valence-electron chi connectivity index (χ4n) is 1.91. The Kier molecular flexibility index (Phi) is 6.09. The van der Waals surface area contributed by atoms with Crippen molar-refractivity contribution in [3.8, 4) is 0 Å². The van der Waals surface area contributed by atoms with E-state index in [0.717, 1.165) is 5.56 Å². The second kappa shape index (κ2) is 7.84. The first-order chi connectivity index (χ1) is 10.5. The van der Waals surface area contributed by atoms with Crippen LogP contribution in [-0.2, 0) is 4.79 Å². The molecule has 0 saturated heterocycles. The van der Waals surface area contributed by atoms with Gasteiger partial charge in [0.05, 0.1) is 22.3 Å². The standard InChI is InChI=1S/C16H15Cl3N2O/c1-10(11-5-7-12(17)8-6-11)20-9-15(22)21-14-4-2-3-13(18)16(14)19/h2-8,10,20H,9H2,1H3,(H,21,22)/t10-/m0/s1. The van der Waals surface area contributed by atoms with E-state index in [2.05, 4.69) is 10.6 Å². The van der Waals surface area contributed by atoms with Crippen molar-refractivity contribution in [1.29, 1.82) is 0 Å². The van der Waals surface area contributed by atoms with Crippen molar-refractivity contribution in [1.82, 2.24) is 5.32 Å². The second-order valence-corrected chi connectivity index (χ2v) is 6.03. The lowest BCUT2D eigenvalue weighted by atomic mass is 10.1. The SMILES string of the molecule is C[C@H](NCC(=O)Nc1cccc(Cl)c1Cl)c1ccc(Cl)cc1. The predicted molar refractivity (Wildman–Crippen MR) is 93.0 cm³/mol. The molecular weight excluding hydrogens is 343 g/mol. The first-order valence-electron chi connectivity index (χ1n) is 6.70. The van der Waals surface area contributed by atoms with Gasteiger partial charge >= 0.3 is 0 Å². The van der Waals surface area contributed by atoms with E-state index >= 15 is 0 Å². The molecule has 0 aliphatic rings. The van der Waals surface area contributed by atoms with Gasteiger partial charge in [0.1, 0.15) is 0 Å². The lowest BCUT2D eigenvalue weighted by Gasteiger charge is -2.14. The first-order valence-corrected chi connectivity index (χ1v) is 7.83. The average Bonchev–Trinajstić information content (AvgIpc) is 2.50. The van der Waals surface area contributed by atoms with Crippen LogP contribution in [0.1, 0.15) is 18.5 Å². The molecule has 1 amide bonds.